The highest BCUT2D eigenvalue weighted by Gasteiger charge is 2.57. The topological polar surface area (TPSA) is 355 Å². The number of carboxylic acid groups (broad SMARTS) is 1. The Balaban J connectivity index is 2.02. The summed E-state index contributed by atoms with van der Waals surface area (Å²) in [5, 5.41) is 132. The Hall–Kier alpha value is -2.19. The summed E-state index contributed by atoms with van der Waals surface area (Å²) in [4.78, 5) is 38.3. The van der Waals surface area contributed by atoms with Crippen molar-refractivity contribution in [2.45, 2.75) is 324 Å². The number of carbonyl (C=O) groups excluding carboxylic acids is 2. The van der Waals surface area contributed by atoms with E-state index >= 15 is 0 Å². The first kappa shape index (κ1) is 73.9. The second kappa shape index (κ2) is 43.4. The fourth-order valence-electron chi connectivity index (χ4n) is 10.7. The normalized spacial score (nSPS) is 25.7. The minimum Gasteiger partial charge on any atom is -0.477 e. The monoisotopic (exact) mass is 1150 g/mol. The molecule has 2 aliphatic heterocycles. The summed E-state index contributed by atoms with van der Waals surface area (Å²) in [7, 11) is 0. The van der Waals surface area contributed by atoms with Crippen molar-refractivity contribution >= 4 is 17.8 Å². The zero-order valence-electron chi connectivity index (χ0n) is 49.0. The van der Waals surface area contributed by atoms with Gasteiger partial charge in [-0.3, -0.25) is 9.59 Å². The van der Waals surface area contributed by atoms with E-state index in [-0.39, 0.29) is 12.8 Å². The predicted molar refractivity (Wildman–Crippen MR) is 301 cm³/mol. The van der Waals surface area contributed by atoms with Crippen LogP contribution in [0, 0.1) is 5.92 Å². The number of nitrogens with one attached hydrogen (secondary N) is 2. The van der Waals surface area contributed by atoms with Crippen LogP contribution >= 0.6 is 0 Å². The van der Waals surface area contributed by atoms with Crippen molar-refractivity contribution in [2.24, 2.45) is 5.92 Å². The Morgan fingerprint density at radius 2 is 1.07 bits per heavy atom. The molecule has 2 fully saturated rings. The van der Waals surface area contributed by atoms with Crippen molar-refractivity contribution in [1.82, 2.24) is 10.6 Å². The van der Waals surface area contributed by atoms with E-state index in [0.717, 1.165) is 57.3 Å². The maximum Gasteiger partial charge on any atom is 0.364 e. The molecule has 0 aromatic rings. The predicted octanol–water partition coefficient (Wildman–Crippen LogP) is 4.68. The highest BCUT2D eigenvalue weighted by atomic mass is 16.7. The Morgan fingerprint density at radius 1 is 0.613 bits per heavy atom. The van der Waals surface area contributed by atoms with Gasteiger partial charge in [-0.15, -0.1) is 0 Å². The lowest BCUT2D eigenvalue weighted by molar-refractivity contribution is -0.339. The van der Waals surface area contributed by atoms with Crippen LogP contribution in [0.15, 0.2) is 0 Å². The maximum absolute atomic E-state index is 13.5. The van der Waals surface area contributed by atoms with Gasteiger partial charge in [-0.25, -0.2) is 4.79 Å². The van der Waals surface area contributed by atoms with Crippen LogP contribution in [-0.4, -0.2) is 197 Å². The molecule has 21 nitrogen and oxygen atoms in total. The summed E-state index contributed by atoms with van der Waals surface area (Å²) in [6, 6.07) is -3.03. The quantitative estimate of drug-likeness (QED) is 0.0368. The fraction of sp³-hybridized carbons (Fsp3) is 0.949. The minimum absolute atomic E-state index is 0.142. The van der Waals surface area contributed by atoms with Gasteiger partial charge in [-0.2, -0.15) is 0 Å². The highest BCUT2D eigenvalue weighted by molar-refractivity contribution is 5.80. The molecule has 0 spiro atoms. The molecular formula is C59H112N2O19. The molecule has 0 bridgehead atoms. The first-order chi connectivity index (χ1) is 38.3. The number of hydrogen-bond acceptors (Lipinski definition) is 18. The van der Waals surface area contributed by atoms with Crippen LogP contribution in [0.1, 0.15) is 233 Å². The fourth-order valence-corrected chi connectivity index (χ4v) is 10.7. The van der Waals surface area contributed by atoms with E-state index in [1.807, 2.05) is 0 Å². The lowest BCUT2D eigenvalue weighted by Crippen LogP contribution is -2.68. The summed E-state index contributed by atoms with van der Waals surface area (Å²) >= 11 is 0. The van der Waals surface area contributed by atoms with Crippen molar-refractivity contribution in [3.63, 3.8) is 0 Å². The first-order valence-corrected chi connectivity index (χ1v) is 31.1. The molecule has 0 saturated carbocycles. The number of hydrogen-bond donors (Lipinski definition) is 14. The number of aliphatic hydroxyl groups is 11. The third-order valence-corrected chi connectivity index (χ3v) is 15.9. The van der Waals surface area contributed by atoms with Gasteiger partial charge in [-0.1, -0.05) is 213 Å². The number of rotatable bonds is 49. The minimum atomic E-state index is -2.89. The van der Waals surface area contributed by atoms with Crippen LogP contribution in [0.5, 0.6) is 0 Å². The van der Waals surface area contributed by atoms with Crippen molar-refractivity contribution in [3.8, 4) is 0 Å². The third-order valence-electron chi connectivity index (χ3n) is 15.9. The summed E-state index contributed by atoms with van der Waals surface area (Å²) in [5.41, 5.74) is 0. The van der Waals surface area contributed by atoms with Gasteiger partial charge in [0, 0.05) is 6.42 Å². The Morgan fingerprint density at radius 3 is 1.52 bits per heavy atom. The summed E-state index contributed by atoms with van der Waals surface area (Å²) in [6.07, 6.45) is 12.2. The molecule has 472 valence electrons. The SMILES string of the molecule is CCCCCCCCCCCCCCCCCCCCCC(O)C(=O)NC(COC1OC(COC2(C(=O)O)CC(O)C(NC(=O)CO)C(C(O)C(O)CO)O2)C(O)C(O)C1O)C(O)C(O)CCCCCCCCCCCCC(C)C. The molecule has 0 aliphatic carbocycles. The van der Waals surface area contributed by atoms with Crippen LogP contribution < -0.4 is 10.6 Å². The first-order valence-electron chi connectivity index (χ1n) is 31.1. The molecule has 2 saturated heterocycles. The Kier molecular flexibility index (Phi) is 40.1. The highest BCUT2D eigenvalue weighted by Crippen LogP contribution is 2.35. The lowest BCUT2D eigenvalue weighted by atomic mass is 9.88. The van der Waals surface area contributed by atoms with E-state index in [4.69, 9.17) is 18.9 Å². The zero-order valence-corrected chi connectivity index (χ0v) is 49.0. The van der Waals surface area contributed by atoms with Crippen molar-refractivity contribution in [1.29, 1.82) is 0 Å². The van der Waals surface area contributed by atoms with E-state index in [9.17, 15) is 75.7 Å². The number of carbonyl (C=O) groups is 3. The summed E-state index contributed by atoms with van der Waals surface area (Å²) in [5.74, 6) is -5.95. The standard InChI is InChI=1S/C59H112N2O19/c1-4-5-6-7-8-9-10-11-12-13-14-15-16-17-18-23-26-29-32-35-44(65)56(74)60-42(50(69)43(64)34-31-28-25-22-20-19-21-24-27-30-33-41(2)3)39-77-57-54(73)53(72)52(71)47(79-57)40-78-59(58(75)76)36-45(66)49(61-48(68)38-63)55(80-59)51(70)46(67)37-62/h41-47,49-55,57,62-67,69-73H,4-40H2,1-3H3,(H,60,74)(H,61,68)(H,75,76). The van der Waals surface area contributed by atoms with Crippen molar-refractivity contribution in [3.05, 3.63) is 0 Å². The van der Waals surface area contributed by atoms with Gasteiger partial charge in [0.1, 0.15) is 61.5 Å². The van der Waals surface area contributed by atoms with Gasteiger partial charge in [0.15, 0.2) is 6.29 Å². The van der Waals surface area contributed by atoms with Gasteiger partial charge in [0.2, 0.25) is 11.8 Å². The molecular weight excluding hydrogens is 1040 g/mol. The Bertz CT molecular complexity index is 1590. The second-order valence-electron chi connectivity index (χ2n) is 23.4. The lowest BCUT2D eigenvalue weighted by Gasteiger charge is -2.47. The number of aliphatic carboxylic acids is 1. The zero-order chi connectivity index (χ0) is 59.3. The number of ether oxygens (including phenoxy) is 4. The molecule has 80 heavy (non-hydrogen) atoms. The molecule has 15 atom stereocenters. The van der Waals surface area contributed by atoms with E-state index < -0.39 is 142 Å². The van der Waals surface area contributed by atoms with Crippen LogP contribution in [0.2, 0.25) is 0 Å². The number of carboxylic acids is 1. The largest absolute Gasteiger partial charge is 0.477 e. The average molecular weight is 1150 g/mol. The van der Waals surface area contributed by atoms with Crippen molar-refractivity contribution in [2.75, 3.05) is 26.4 Å². The molecule has 2 heterocycles. The van der Waals surface area contributed by atoms with Crippen LogP contribution in [0.4, 0.5) is 0 Å². The smallest absolute Gasteiger partial charge is 0.364 e. The molecule has 0 aromatic heterocycles. The van der Waals surface area contributed by atoms with Gasteiger partial charge in [0.25, 0.3) is 5.79 Å². The van der Waals surface area contributed by atoms with E-state index in [1.165, 1.54) is 128 Å². The third kappa shape index (κ3) is 29.1. The van der Waals surface area contributed by atoms with Crippen LogP contribution in [-0.2, 0) is 33.3 Å². The van der Waals surface area contributed by atoms with Gasteiger partial charge >= 0.3 is 5.97 Å². The molecule has 15 unspecified atom stereocenters. The Labute approximate surface area is 477 Å². The molecule has 14 N–H and O–H groups in total. The van der Waals surface area contributed by atoms with E-state index in [1.54, 1.807) is 0 Å². The molecule has 2 amide bonds. The molecule has 21 heteroatoms. The molecule has 2 aliphatic rings. The average Bonchev–Trinajstić information content (AvgIpc) is 3.44. The molecule has 0 radical (unpaired) electrons. The number of unbranched alkanes of at least 4 members (excludes halogenated alkanes) is 27. The van der Waals surface area contributed by atoms with Crippen LogP contribution in [0.3, 0.4) is 0 Å². The number of aliphatic hydroxyl groups excluding tert-OH is 11. The van der Waals surface area contributed by atoms with Gasteiger partial charge in [-0.05, 0) is 18.8 Å². The summed E-state index contributed by atoms with van der Waals surface area (Å²) in [6.45, 7) is 2.98. The molecule has 2 rings (SSSR count). The van der Waals surface area contributed by atoms with Gasteiger partial charge < -0.3 is 90.9 Å². The maximum atomic E-state index is 13.5. The molecule has 0 aromatic carbocycles. The van der Waals surface area contributed by atoms with Gasteiger partial charge in [0.05, 0.1) is 44.1 Å². The second-order valence-corrected chi connectivity index (χ2v) is 23.4. The number of amides is 2. The van der Waals surface area contributed by atoms with E-state index in [0.29, 0.717) is 12.8 Å². The van der Waals surface area contributed by atoms with Crippen molar-refractivity contribution < 1.29 is 94.6 Å². The van der Waals surface area contributed by atoms with E-state index in [2.05, 4.69) is 31.4 Å². The van der Waals surface area contributed by atoms with Crippen LogP contribution in [0.25, 0.3) is 0 Å². The summed E-state index contributed by atoms with van der Waals surface area (Å²) < 4.78 is 22.8.